The van der Waals surface area contributed by atoms with Crippen LogP contribution in [-0.2, 0) is 11.0 Å². The van der Waals surface area contributed by atoms with Gasteiger partial charge < -0.3 is 0 Å². The second-order valence-electron chi connectivity index (χ2n) is 7.25. The van der Waals surface area contributed by atoms with Crippen molar-refractivity contribution in [3.8, 4) is 11.8 Å². The van der Waals surface area contributed by atoms with E-state index in [0.29, 0.717) is 0 Å². The van der Waals surface area contributed by atoms with Gasteiger partial charge in [-0.3, -0.25) is 5.26 Å². The minimum Gasteiger partial charge on any atom is -0.251 e. The highest BCUT2D eigenvalue weighted by Gasteiger charge is 2.15. The molecule has 0 bridgehead atoms. The molecule has 0 radical (unpaired) electrons. The molecule has 0 amide bonds. The number of isothiocyanates is 1. The van der Waals surface area contributed by atoms with E-state index < -0.39 is 6.10 Å². The van der Waals surface area contributed by atoms with Crippen molar-refractivity contribution in [3.63, 3.8) is 0 Å². The average Bonchev–Trinajstić information content (AvgIpc) is 3.05. The fourth-order valence-electron chi connectivity index (χ4n) is 3.46. The van der Waals surface area contributed by atoms with Gasteiger partial charge in [-0.15, -0.1) is 9.24 Å². The van der Waals surface area contributed by atoms with Crippen molar-refractivity contribution >= 4 is 43.1 Å². The highest BCUT2D eigenvalue weighted by molar-refractivity contribution is 7.78. The summed E-state index contributed by atoms with van der Waals surface area (Å²) in [7, 11) is 2.71. The van der Waals surface area contributed by atoms with Crippen LogP contribution >= 0.6 is 21.5 Å². The van der Waals surface area contributed by atoms with Crippen LogP contribution in [0.25, 0.3) is 10.8 Å². The van der Waals surface area contributed by atoms with E-state index in [1.54, 1.807) is 0 Å². The van der Waals surface area contributed by atoms with Gasteiger partial charge in [0.05, 0.1) is 10.8 Å². The molecule has 0 heterocycles. The van der Waals surface area contributed by atoms with E-state index in [9.17, 15) is 5.26 Å². The minimum absolute atomic E-state index is 0.539. The fourth-order valence-corrected chi connectivity index (χ4v) is 3.84. The van der Waals surface area contributed by atoms with Crippen molar-refractivity contribution in [3.05, 3.63) is 113 Å². The van der Waals surface area contributed by atoms with Gasteiger partial charge in [-0.2, -0.15) is 4.99 Å². The number of hydrogen-bond acceptors (Lipinski definition) is 4. The molecule has 4 rings (SSSR count). The molecule has 0 aliphatic heterocycles. The Balaban J connectivity index is 0.00000175. The topological polar surface area (TPSA) is 41.8 Å². The molecule has 4 aromatic carbocycles. The molecule has 0 aliphatic rings. The van der Waals surface area contributed by atoms with Gasteiger partial charge in [-0.05, 0) is 88.3 Å². The lowest BCUT2D eigenvalue weighted by atomic mass is 9.97. The van der Waals surface area contributed by atoms with E-state index in [2.05, 4.69) is 49.5 Å². The maximum absolute atomic E-state index is 9.56. The Morgan fingerprint density at radius 3 is 1.75 bits per heavy atom. The van der Waals surface area contributed by atoms with Crippen LogP contribution in [0.2, 0.25) is 0 Å². The van der Waals surface area contributed by atoms with Crippen LogP contribution < -0.4 is 0 Å². The van der Waals surface area contributed by atoms with Crippen molar-refractivity contribution in [2.24, 2.45) is 4.99 Å². The number of rotatable bonds is 5. The van der Waals surface area contributed by atoms with Crippen molar-refractivity contribution < 1.29 is 10.1 Å². The first-order valence-corrected chi connectivity index (χ1v) is 15.3. The Kier molecular flexibility index (Phi) is 20.9. The van der Waals surface area contributed by atoms with Crippen molar-refractivity contribution in [2.45, 2.75) is 67.7 Å². The molecule has 40 heavy (non-hydrogen) atoms. The lowest BCUT2D eigenvalue weighted by molar-refractivity contribution is -0.270. The zero-order valence-electron chi connectivity index (χ0n) is 25.2. The largest absolute Gasteiger partial charge is 0.251 e. The van der Waals surface area contributed by atoms with E-state index in [1.165, 1.54) is 5.56 Å². The van der Waals surface area contributed by atoms with Crippen LogP contribution in [-0.4, -0.2) is 10.4 Å². The number of nitrogens with zero attached hydrogens (tertiary/aromatic N) is 1. The molecule has 3 nitrogen and oxygen atoms in total. The second kappa shape index (κ2) is 22.6. The summed E-state index contributed by atoms with van der Waals surface area (Å²) in [6, 6.07) is 27.7. The molecular formula is C35H44NO2PS. The average molecular weight is 574 g/mol. The lowest BCUT2D eigenvalue weighted by Crippen LogP contribution is -2.04. The number of aliphatic imine (C=N–C) groups is 1. The maximum Gasteiger partial charge on any atom is 0.143 e. The molecule has 0 saturated carbocycles. The monoisotopic (exact) mass is 573 g/mol. The van der Waals surface area contributed by atoms with Gasteiger partial charge in [-0.25, -0.2) is 4.89 Å². The van der Waals surface area contributed by atoms with Gasteiger partial charge in [0.25, 0.3) is 0 Å². The minimum atomic E-state index is -0.539. The van der Waals surface area contributed by atoms with Gasteiger partial charge in [-0.1, -0.05) is 110 Å². The van der Waals surface area contributed by atoms with Crippen LogP contribution in [0.5, 0.6) is 0 Å². The van der Waals surface area contributed by atoms with Crippen molar-refractivity contribution in [2.75, 3.05) is 0 Å². The predicted molar refractivity (Wildman–Crippen MR) is 182 cm³/mol. The quantitative estimate of drug-likeness (QED) is 0.0645. The molecule has 0 aliphatic carbocycles. The third-order valence-electron chi connectivity index (χ3n) is 5.18. The standard InChI is InChI=1S/C27H20NO2PS.4C2H6/c29-30-27(22-8-4-21(17-31)5-9-22)25-12-11-23-15-20(3-10-24(23)16-25)2-1-19-6-13-26(14-7-19)28-18-32;4*1-2/h3-16,27,29H,17,31H2;4*1-2H3. The van der Waals surface area contributed by atoms with Crippen molar-refractivity contribution in [1.29, 1.82) is 0 Å². The van der Waals surface area contributed by atoms with Gasteiger partial charge in [0.1, 0.15) is 6.10 Å². The first kappa shape index (κ1) is 36.8. The smallest absolute Gasteiger partial charge is 0.143 e. The van der Waals surface area contributed by atoms with E-state index in [-0.39, 0.29) is 0 Å². The first-order valence-electron chi connectivity index (χ1n) is 14.0. The molecule has 212 valence electrons. The third kappa shape index (κ3) is 11.5. The second-order valence-corrected chi connectivity index (χ2v) is 7.84. The number of benzene rings is 4. The van der Waals surface area contributed by atoms with E-state index in [1.807, 2.05) is 134 Å². The SMILES string of the molecule is CC.CC.CC.CC.OOC(c1ccc(CP)cc1)c1ccc2cc(C#Cc3ccc(N=C=S)cc3)ccc2c1. The maximum atomic E-state index is 9.56. The van der Waals surface area contributed by atoms with Gasteiger partial charge in [0.15, 0.2) is 0 Å². The Bertz CT molecular complexity index is 1350. The lowest BCUT2D eigenvalue weighted by Gasteiger charge is -2.15. The van der Waals surface area contributed by atoms with E-state index >= 15 is 0 Å². The summed E-state index contributed by atoms with van der Waals surface area (Å²) < 4.78 is 0. The number of hydrogen-bond donors (Lipinski definition) is 1. The van der Waals surface area contributed by atoms with Gasteiger partial charge >= 0.3 is 0 Å². The number of thiocarbonyl (C=S) groups is 1. The highest BCUT2D eigenvalue weighted by Crippen LogP contribution is 2.29. The van der Waals surface area contributed by atoms with Crippen LogP contribution in [0.15, 0.2) is 89.9 Å². The molecule has 5 heteroatoms. The molecule has 2 atom stereocenters. The molecule has 0 spiro atoms. The van der Waals surface area contributed by atoms with E-state index in [0.717, 1.165) is 44.9 Å². The fraction of sp³-hybridized carbons (Fsp3) is 0.286. The van der Waals surface area contributed by atoms with Crippen LogP contribution in [0.3, 0.4) is 0 Å². The molecule has 1 N–H and O–H groups in total. The van der Waals surface area contributed by atoms with Crippen molar-refractivity contribution in [1.82, 2.24) is 0 Å². The van der Waals surface area contributed by atoms with Crippen LogP contribution in [0.1, 0.15) is 89.3 Å². The van der Waals surface area contributed by atoms with Gasteiger partial charge in [0.2, 0.25) is 0 Å². The molecule has 0 aromatic heterocycles. The Hall–Kier alpha value is -3.15. The summed E-state index contributed by atoms with van der Waals surface area (Å²) >= 11 is 4.62. The molecular weight excluding hydrogens is 529 g/mol. The number of fused-ring (bicyclic) bond motifs is 1. The summed E-state index contributed by atoms with van der Waals surface area (Å²) in [6.45, 7) is 16.0. The third-order valence-corrected chi connectivity index (χ3v) is 5.75. The van der Waals surface area contributed by atoms with Crippen LogP contribution in [0, 0.1) is 11.8 Å². The summed E-state index contributed by atoms with van der Waals surface area (Å²) in [5.41, 5.74) is 5.59. The summed E-state index contributed by atoms with van der Waals surface area (Å²) in [5, 5.41) is 14.0. The Morgan fingerprint density at radius 1 is 0.700 bits per heavy atom. The molecule has 0 saturated heterocycles. The zero-order chi connectivity index (χ0) is 30.3. The zero-order valence-corrected chi connectivity index (χ0v) is 27.1. The Labute approximate surface area is 249 Å². The van der Waals surface area contributed by atoms with Crippen LogP contribution in [0.4, 0.5) is 5.69 Å². The highest BCUT2D eigenvalue weighted by atomic mass is 32.1. The Morgan fingerprint density at radius 2 is 1.20 bits per heavy atom. The summed E-state index contributed by atoms with van der Waals surface area (Å²) in [5.74, 6) is 6.38. The summed E-state index contributed by atoms with van der Waals surface area (Å²) in [4.78, 5) is 8.78. The van der Waals surface area contributed by atoms with E-state index in [4.69, 9.17) is 4.89 Å². The summed E-state index contributed by atoms with van der Waals surface area (Å²) in [6.07, 6.45) is 0.350. The molecule has 4 aromatic rings. The predicted octanol–water partition coefficient (Wildman–Crippen LogP) is 11.0. The van der Waals surface area contributed by atoms with Gasteiger partial charge in [0, 0.05) is 11.1 Å². The first-order chi connectivity index (χ1) is 19.7. The normalized spacial score (nSPS) is 9.65. The molecule has 0 fully saturated rings. The molecule has 2 unspecified atom stereocenters.